The lowest BCUT2D eigenvalue weighted by molar-refractivity contribution is 0.282. The van der Waals surface area contributed by atoms with E-state index in [0.717, 1.165) is 16.7 Å². The lowest BCUT2D eigenvalue weighted by Crippen LogP contribution is -1.87. The highest BCUT2D eigenvalue weighted by molar-refractivity contribution is 7.08. The molecule has 1 aromatic carbocycles. The van der Waals surface area contributed by atoms with Gasteiger partial charge in [-0.2, -0.15) is 11.3 Å². The van der Waals surface area contributed by atoms with Gasteiger partial charge in [0.1, 0.15) is 0 Å². The predicted octanol–water partition coefficient (Wildman–Crippen LogP) is 3.56. The normalized spacial score (nSPS) is 10.4. The van der Waals surface area contributed by atoms with Gasteiger partial charge < -0.3 is 5.11 Å². The van der Waals surface area contributed by atoms with Gasteiger partial charge >= 0.3 is 0 Å². The number of hydrogen-bond donors (Lipinski definition) is 1. The van der Waals surface area contributed by atoms with Gasteiger partial charge in [-0.15, -0.1) is 0 Å². The molecule has 0 aliphatic rings. The summed E-state index contributed by atoms with van der Waals surface area (Å²) in [5.74, 6) is 0. The molecule has 0 saturated carbocycles. The Balaban J connectivity index is 2.53. The van der Waals surface area contributed by atoms with Crippen LogP contribution in [0, 0.1) is 0 Å². The van der Waals surface area contributed by atoms with Crippen molar-refractivity contribution in [3.63, 3.8) is 0 Å². The SMILES string of the molecule is OCc1cc(Cl)ccc1-c1ccsc1. The molecule has 2 aromatic rings. The number of benzene rings is 1. The highest BCUT2D eigenvalue weighted by Gasteiger charge is 2.04. The van der Waals surface area contributed by atoms with E-state index in [1.165, 1.54) is 0 Å². The standard InChI is InChI=1S/C11H9ClOS/c12-10-1-2-11(9(5-10)6-13)8-3-4-14-7-8/h1-5,7,13H,6H2. The van der Waals surface area contributed by atoms with Crippen molar-refractivity contribution in [2.75, 3.05) is 0 Å². The van der Waals surface area contributed by atoms with Crippen LogP contribution >= 0.6 is 22.9 Å². The Hall–Kier alpha value is -0.830. The van der Waals surface area contributed by atoms with Crippen LogP contribution in [0.5, 0.6) is 0 Å². The Kier molecular flexibility index (Phi) is 2.87. The van der Waals surface area contributed by atoms with Crippen molar-refractivity contribution in [2.24, 2.45) is 0 Å². The highest BCUT2D eigenvalue weighted by Crippen LogP contribution is 2.28. The van der Waals surface area contributed by atoms with Gasteiger partial charge in [-0.25, -0.2) is 0 Å². The molecule has 1 heterocycles. The number of aliphatic hydroxyl groups excluding tert-OH is 1. The largest absolute Gasteiger partial charge is 0.392 e. The van der Waals surface area contributed by atoms with Gasteiger partial charge in [0.15, 0.2) is 0 Å². The number of halogens is 1. The molecule has 0 aliphatic heterocycles. The van der Waals surface area contributed by atoms with E-state index in [9.17, 15) is 5.11 Å². The molecule has 0 unspecified atom stereocenters. The van der Waals surface area contributed by atoms with E-state index >= 15 is 0 Å². The lowest BCUT2D eigenvalue weighted by Gasteiger charge is -2.05. The second-order valence-corrected chi connectivity index (χ2v) is 4.19. The van der Waals surface area contributed by atoms with E-state index in [-0.39, 0.29) is 6.61 Å². The maximum Gasteiger partial charge on any atom is 0.0688 e. The van der Waals surface area contributed by atoms with Crippen LogP contribution in [-0.2, 0) is 6.61 Å². The average molecular weight is 225 g/mol. The van der Waals surface area contributed by atoms with Crippen molar-refractivity contribution >= 4 is 22.9 Å². The number of rotatable bonds is 2. The molecule has 1 nitrogen and oxygen atoms in total. The zero-order valence-corrected chi connectivity index (χ0v) is 8.98. The van der Waals surface area contributed by atoms with E-state index in [0.29, 0.717) is 5.02 Å². The summed E-state index contributed by atoms with van der Waals surface area (Å²) < 4.78 is 0. The van der Waals surface area contributed by atoms with Crippen molar-refractivity contribution in [2.45, 2.75) is 6.61 Å². The maximum absolute atomic E-state index is 9.19. The number of aliphatic hydroxyl groups is 1. The summed E-state index contributed by atoms with van der Waals surface area (Å²) in [4.78, 5) is 0. The van der Waals surface area contributed by atoms with E-state index < -0.39 is 0 Å². The first kappa shape index (κ1) is 9.71. The smallest absolute Gasteiger partial charge is 0.0688 e. The van der Waals surface area contributed by atoms with Crippen molar-refractivity contribution in [3.05, 3.63) is 45.6 Å². The molecule has 1 N–H and O–H groups in total. The Morgan fingerprint density at radius 2 is 2.14 bits per heavy atom. The van der Waals surface area contributed by atoms with Crippen LogP contribution in [0.2, 0.25) is 5.02 Å². The minimum atomic E-state index is 0.0196. The van der Waals surface area contributed by atoms with Crippen LogP contribution in [0.3, 0.4) is 0 Å². The monoisotopic (exact) mass is 224 g/mol. The van der Waals surface area contributed by atoms with Gasteiger partial charge in [0, 0.05) is 5.02 Å². The van der Waals surface area contributed by atoms with Crippen LogP contribution in [0.15, 0.2) is 35.0 Å². The summed E-state index contributed by atoms with van der Waals surface area (Å²) in [6, 6.07) is 7.62. The first-order valence-electron chi connectivity index (χ1n) is 4.23. The van der Waals surface area contributed by atoms with Gasteiger partial charge in [-0.1, -0.05) is 17.7 Å². The zero-order valence-electron chi connectivity index (χ0n) is 7.40. The third kappa shape index (κ3) is 1.82. The van der Waals surface area contributed by atoms with Crippen LogP contribution in [0.1, 0.15) is 5.56 Å². The molecule has 0 fully saturated rings. The first-order valence-corrected chi connectivity index (χ1v) is 5.55. The molecule has 14 heavy (non-hydrogen) atoms. The summed E-state index contributed by atoms with van der Waals surface area (Å²) in [5, 5.41) is 13.9. The Labute approximate surface area is 91.6 Å². The predicted molar refractivity (Wildman–Crippen MR) is 60.7 cm³/mol. The van der Waals surface area contributed by atoms with Crippen molar-refractivity contribution in [1.29, 1.82) is 0 Å². The van der Waals surface area contributed by atoms with Crippen LogP contribution in [0.4, 0.5) is 0 Å². The fourth-order valence-corrected chi connectivity index (χ4v) is 2.24. The first-order chi connectivity index (χ1) is 6.81. The van der Waals surface area contributed by atoms with Crippen LogP contribution in [0.25, 0.3) is 11.1 Å². The molecule has 0 radical (unpaired) electrons. The molecule has 2 rings (SSSR count). The minimum Gasteiger partial charge on any atom is -0.392 e. The molecular weight excluding hydrogens is 216 g/mol. The summed E-state index contributed by atoms with van der Waals surface area (Å²) in [7, 11) is 0. The van der Waals surface area contributed by atoms with Crippen molar-refractivity contribution in [3.8, 4) is 11.1 Å². The molecule has 0 amide bonds. The van der Waals surface area contributed by atoms with Crippen molar-refractivity contribution < 1.29 is 5.11 Å². The minimum absolute atomic E-state index is 0.0196. The molecule has 0 atom stereocenters. The topological polar surface area (TPSA) is 20.2 Å². The van der Waals surface area contributed by atoms with E-state index in [1.54, 1.807) is 17.4 Å². The lowest BCUT2D eigenvalue weighted by atomic mass is 10.0. The molecule has 1 aromatic heterocycles. The summed E-state index contributed by atoms with van der Waals surface area (Å²) in [6.07, 6.45) is 0. The summed E-state index contributed by atoms with van der Waals surface area (Å²) in [5.41, 5.74) is 3.06. The molecule has 0 bridgehead atoms. The summed E-state index contributed by atoms with van der Waals surface area (Å²) >= 11 is 7.49. The van der Waals surface area contributed by atoms with Crippen LogP contribution in [-0.4, -0.2) is 5.11 Å². The molecule has 0 saturated heterocycles. The number of hydrogen-bond acceptors (Lipinski definition) is 2. The van der Waals surface area contributed by atoms with Gasteiger partial charge in [0.05, 0.1) is 6.61 Å². The van der Waals surface area contributed by atoms with Crippen LogP contribution < -0.4 is 0 Å². The number of thiophene rings is 1. The fourth-order valence-electron chi connectivity index (χ4n) is 1.39. The molecule has 0 aliphatic carbocycles. The third-order valence-corrected chi connectivity index (χ3v) is 2.99. The Morgan fingerprint density at radius 1 is 1.29 bits per heavy atom. The molecule has 0 spiro atoms. The maximum atomic E-state index is 9.19. The summed E-state index contributed by atoms with van der Waals surface area (Å²) in [6.45, 7) is 0.0196. The third-order valence-electron chi connectivity index (χ3n) is 2.07. The van der Waals surface area contributed by atoms with Gasteiger partial charge in [-0.05, 0) is 45.6 Å². The van der Waals surface area contributed by atoms with E-state index in [2.05, 4.69) is 5.38 Å². The second kappa shape index (κ2) is 4.13. The van der Waals surface area contributed by atoms with Crippen molar-refractivity contribution in [1.82, 2.24) is 0 Å². The Bertz CT molecular complexity index is 423. The molecule has 3 heteroatoms. The second-order valence-electron chi connectivity index (χ2n) is 2.97. The molecule has 72 valence electrons. The molecular formula is C11H9ClOS. The van der Waals surface area contributed by atoms with Gasteiger partial charge in [0.2, 0.25) is 0 Å². The van der Waals surface area contributed by atoms with Gasteiger partial charge in [-0.3, -0.25) is 0 Å². The zero-order chi connectivity index (χ0) is 9.97. The highest BCUT2D eigenvalue weighted by atomic mass is 35.5. The van der Waals surface area contributed by atoms with E-state index in [1.807, 2.05) is 23.6 Å². The average Bonchev–Trinajstić information content (AvgIpc) is 2.70. The Morgan fingerprint density at radius 3 is 2.79 bits per heavy atom. The van der Waals surface area contributed by atoms with Gasteiger partial charge in [0.25, 0.3) is 0 Å². The fraction of sp³-hybridized carbons (Fsp3) is 0.0909. The van der Waals surface area contributed by atoms with E-state index in [4.69, 9.17) is 11.6 Å². The quantitative estimate of drug-likeness (QED) is 0.827.